The maximum atomic E-state index is 5.49. The number of hydrogen-bond acceptors (Lipinski definition) is 3. The number of nitrogens with zero attached hydrogens (tertiary/aromatic N) is 1. The van der Waals surface area contributed by atoms with Gasteiger partial charge in [0.2, 0.25) is 0 Å². The van der Waals surface area contributed by atoms with Crippen LogP contribution in [0.3, 0.4) is 0 Å². The molecule has 0 saturated heterocycles. The van der Waals surface area contributed by atoms with Crippen LogP contribution in [-0.4, -0.2) is 19.3 Å². The average molecular weight is 298 g/mol. The summed E-state index contributed by atoms with van der Waals surface area (Å²) in [5.41, 5.74) is 2.17. The summed E-state index contributed by atoms with van der Waals surface area (Å²) in [6, 6.07) is 1.96. The highest BCUT2D eigenvalue weighted by Gasteiger charge is 2.44. The Labute approximate surface area is 123 Å². The Kier molecular flexibility index (Phi) is 5.93. The van der Waals surface area contributed by atoms with Crippen molar-refractivity contribution in [1.29, 1.82) is 0 Å². The standard InChI is InChI=1S/C15H27NOSSi/c1-11(2)19(12(3)4,13(5)6)18-15-10-16-9-8-14(15)17-7/h8-13H,1-7H3. The van der Waals surface area contributed by atoms with E-state index in [4.69, 9.17) is 4.74 Å². The number of pyridine rings is 1. The van der Waals surface area contributed by atoms with Gasteiger partial charge in [-0.2, -0.15) is 0 Å². The van der Waals surface area contributed by atoms with Gasteiger partial charge in [0.05, 0.1) is 12.0 Å². The molecule has 0 atom stereocenters. The van der Waals surface area contributed by atoms with Gasteiger partial charge in [-0.05, 0) is 22.7 Å². The van der Waals surface area contributed by atoms with Gasteiger partial charge < -0.3 is 4.74 Å². The van der Waals surface area contributed by atoms with E-state index in [2.05, 4.69) is 57.7 Å². The van der Waals surface area contributed by atoms with Gasteiger partial charge in [0.25, 0.3) is 0 Å². The Morgan fingerprint density at radius 1 is 1.05 bits per heavy atom. The number of methoxy groups -OCH3 is 1. The summed E-state index contributed by atoms with van der Waals surface area (Å²) >= 11 is 2.06. The fraction of sp³-hybridized carbons (Fsp3) is 0.667. The SMILES string of the molecule is COc1ccncc1S[Si](C(C)C)(C(C)C)C(C)C. The molecule has 0 fully saturated rings. The van der Waals surface area contributed by atoms with Crippen LogP contribution >= 0.6 is 11.2 Å². The Balaban J connectivity index is 3.21. The lowest BCUT2D eigenvalue weighted by Gasteiger charge is -2.42. The number of rotatable bonds is 6. The predicted octanol–water partition coefficient (Wildman–Crippen LogP) is 5.36. The maximum absolute atomic E-state index is 5.49. The summed E-state index contributed by atoms with van der Waals surface area (Å²) in [4.78, 5) is 5.48. The second-order valence-electron chi connectivity index (χ2n) is 5.95. The highest BCUT2D eigenvalue weighted by Crippen LogP contribution is 2.53. The quantitative estimate of drug-likeness (QED) is 0.660. The molecule has 2 nitrogen and oxygen atoms in total. The van der Waals surface area contributed by atoms with Gasteiger partial charge in [-0.1, -0.05) is 41.5 Å². The molecule has 4 heteroatoms. The maximum Gasteiger partial charge on any atom is 0.134 e. The van der Waals surface area contributed by atoms with Crippen molar-refractivity contribution in [2.75, 3.05) is 7.11 Å². The summed E-state index contributed by atoms with van der Waals surface area (Å²) < 4.78 is 5.49. The van der Waals surface area contributed by atoms with Gasteiger partial charge in [0, 0.05) is 12.4 Å². The zero-order valence-corrected chi connectivity index (χ0v) is 15.0. The van der Waals surface area contributed by atoms with Crippen molar-refractivity contribution < 1.29 is 4.74 Å². The number of aromatic nitrogens is 1. The van der Waals surface area contributed by atoms with Gasteiger partial charge in [0.15, 0.2) is 0 Å². The van der Waals surface area contributed by atoms with Crippen molar-refractivity contribution in [1.82, 2.24) is 4.98 Å². The van der Waals surface area contributed by atoms with E-state index >= 15 is 0 Å². The molecule has 0 aromatic carbocycles. The summed E-state index contributed by atoms with van der Waals surface area (Å²) in [5, 5.41) is 0. The van der Waals surface area contributed by atoms with Crippen molar-refractivity contribution >= 4 is 18.4 Å². The van der Waals surface area contributed by atoms with Crippen LogP contribution in [0, 0.1) is 0 Å². The first-order chi connectivity index (χ1) is 8.86. The molecule has 1 aromatic rings. The first kappa shape index (κ1) is 16.6. The molecule has 0 N–H and O–H groups in total. The number of hydrogen-bond donors (Lipinski definition) is 0. The fourth-order valence-corrected chi connectivity index (χ4v) is 12.3. The van der Waals surface area contributed by atoms with Crippen molar-refractivity contribution in [3.8, 4) is 5.75 Å². The van der Waals surface area contributed by atoms with Crippen LogP contribution in [-0.2, 0) is 0 Å². The topological polar surface area (TPSA) is 22.1 Å². The van der Waals surface area contributed by atoms with Crippen LogP contribution in [0.1, 0.15) is 41.5 Å². The molecule has 0 bridgehead atoms. The molecule has 0 aliphatic carbocycles. The predicted molar refractivity (Wildman–Crippen MR) is 87.7 cm³/mol. The Morgan fingerprint density at radius 3 is 2.00 bits per heavy atom. The largest absolute Gasteiger partial charge is 0.495 e. The van der Waals surface area contributed by atoms with Crippen LogP contribution in [0.25, 0.3) is 0 Å². The van der Waals surface area contributed by atoms with Crippen LogP contribution in [0.4, 0.5) is 0 Å². The minimum absolute atomic E-state index is 0.724. The highest BCUT2D eigenvalue weighted by atomic mass is 32.4. The Bertz CT molecular complexity index is 385. The molecule has 1 aromatic heterocycles. The van der Waals surface area contributed by atoms with E-state index in [-0.39, 0.29) is 0 Å². The lowest BCUT2D eigenvalue weighted by Crippen LogP contribution is -2.41. The van der Waals surface area contributed by atoms with Crippen LogP contribution in [0.2, 0.25) is 16.6 Å². The normalized spacial score (nSPS) is 12.5. The minimum atomic E-state index is -1.52. The first-order valence-corrected chi connectivity index (χ1v) is 10.8. The van der Waals surface area contributed by atoms with E-state index in [9.17, 15) is 0 Å². The van der Waals surface area contributed by atoms with Crippen molar-refractivity contribution in [3.05, 3.63) is 18.5 Å². The molecule has 0 aliphatic heterocycles. The van der Waals surface area contributed by atoms with E-state index in [1.54, 1.807) is 13.3 Å². The molecule has 0 aliphatic rings. The van der Waals surface area contributed by atoms with Crippen molar-refractivity contribution in [3.63, 3.8) is 0 Å². The van der Waals surface area contributed by atoms with E-state index in [0.717, 1.165) is 22.4 Å². The molecule has 19 heavy (non-hydrogen) atoms. The van der Waals surface area contributed by atoms with E-state index in [1.807, 2.05) is 12.3 Å². The third-order valence-electron chi connectivity index (χ3n) is 3.96. The van der Waals surface area contributed by atoms with Crippen LogP contribution in [0.5, 0.6) is 5.75 Å². The zero-order chi connectivity index (χ0) is 14.6. The average Bonchev–Trinajstić information content (AvgIpc) is 2.34. The molecule has 0 saturated carbocycles. The van der Waals surface area contributed by atoms with Crippen LogP contribution < -0.4 is 4.74 Å². The van der Waals surface area contributed by atoms with Crippen molar-refractivity contribution in [2.45, 2.75) is 63.1 Å². The van der Waals surface area contributed by atoms with Gasteiger partial charge in [-0.15, -0.1) is 11.2 Å². The fourth-order valence-electron chi connectivity index (χ4n) is 3.16. The molecule has 108 valence electrons. The molecule has 1 rings (SSSR count). The van der Waals surface area contributed by atoms with E-state index in [1.165, 1.54) is 4.90 Å². The third-order valence-corrected chi connectivity index (χ3v) is 16.2. The molecule has 0 radical (unpaired) electrons. The summed E-state index contributed by atoms with van der Waals surface area (Å²) in [6.45, 7) is 14.3. The molecular formula is C15H27NOSSi. The zero-order valence-electron chi connectivity index (χ0n) is 13.2. The second-order valence-corrected chi connectivity index (χ2v) is 14.5. The lowest BCUT2D eigenvalue weighted by atomic mass is 10.4. The molecule has 0 unspecified atom stereocenters. The summed E-state index contributed by atoms with van der Waals surface area (Å²) in [7, 11) is 0.219. The van der Waals surface area contributed by atoms with E-state index in [0.29, 0.717) is 0 Å². The second kappa shape index (κ2) is 6.80. The first-order valence-electron chi connectivity index (χ1n) is 7.03. The van der Waals surface area contributed by atoms with Gasteiger partial charge in [0.1, 0.15) is 13.0 Å². The Hall–Kier alpha value is -0.483. The monoisotopic (exact) mass is 297 g/mol. The minimum Gasteiger partial charge on any atom is -0.495 e. The van der Waals surface area contributed by atoms with Crippen molar-refractivity contribution in [2.24, 2.45) is 0 Å². The van der Waals surface area contributed by atoms with Gasteiger partial charge in [-0.3, -0.25) is 4.98 Å². The highest BCUT2D eigenvalue weighted by molar-refractivity contribution is 8.29. The van der Waals surface area contributed by atoms with Gasteiger partial charge in [-0.25, -0.2) is 0 Å². The van der Waals surface area contributed by atoms with Crippen LogP contribution in [0.15, 0.2) is 23.4 Å². The summed E-state index contributed by atoms with van der Waals surface area (Å²) in [5.74, 6) is 0.957. The summed E-state index contributed by atoms with van der Waals surface area (Å²) in [6.07, 6.45) is 3.75. The molecule has 0 spiro atoms. The third kappa shape index (κ3) is 3.34. The van der Waals surface area contributed by atoms with Gasteiger partial charge >= 0.3 is 0 Å². The number of ether oxygens (including phenoxy) is 1. The smallest absolute Gasteiger partial charge is 0.134 e. The molecular weight excluding hydrogens is 270 g/mol. The lowest BCUT2D eigenvalue weighted by molar-refractivity contribution is 0.404. The Morgan fingerprint density at radius 2 is 1.58 bits per heavy atom. The molecule has 1 heterocycles. The van der Waals surface area contributed by atoms with E-state index < -0.39 is 7.22 Å². The molecule has 0 amide bonds.